The molecule has 9 heteroatoms. The van der Waals surface area contributed by atoms with Gasteiger partial charge in [-0.3, -0.25) is 0 Å². The molecule has 0 aliphatic rings. The number of aromatic carboxylic acids is 1. The van der Waals surface area contributed by atoms with Crippen LogP contribution in [0.1, 0.15) is 40.5 Å². The summed E-state index contributed by atoms with van der Waals surface area (Å²) in [6.45, 7) is 6.83. The summed E-state index contributed by atoms with van der Waals surface area (Å²) in [4.78, 5) is 10.8. The molecule has 2 aromatic rings. The maximum Gasteiger partial charge on any atom is 0.345 e. The molecular formula is C13H16N2O5S2. The van der Waals surface area contributed by atoms with Crippen LogP contribution in [0.5, 0.6) is 0 Å². The lowest BCUT2D eigenvalue weighted by atomic mass is 9.94. The van der Waals surface area contributed by atoms with Crippen LogP contribution in [0.4, 0.5) is 0 Å². The highest BCUT2D eigenvalue weighted by Gasteiger charge is 2.33. The number of thiophene rings is 1. The molecule has 22 heavy (non-hydrogen) atoms. The van der Waals surface area contributed by atoms with E-state index in [1.54, 1.807) is 27.7 Å². The summed E-state index contributed by atoms with van der Waals surface area (Å²) < 4.78 is 32.5. The lowest BCUT2D eigenvalue weighted by Gasteiger charge is -2.25. The van der Waals surface area contributed by atoms with E-state index >= 15 is 0 Å². The molecule has 0 aromatic carbocycles. The molecule has 0 aliphatic carbocycles. The molecule has 2 aromatic heterocycles. The molecule has 2 heterocycles. The first-order chi connectivity index (χ1) is 10.0. The average Bonchev–Trinajstić information content (AvgIpc) is 2.95. The maximum atomic E-state index is 12.5. The van der Waals surface area contributed by atoms with Crippen LogP contribution >= 0.6 is 11.3 Å². The molecule has 0 unspecified atom stereocenters. The van der Waals surface area contributed by atoms with Crippen LogP contribution in [0.15, 0.2) is 20.9 Å². The van der Waals surface area contributed by atoms with E-state index in [1.807, 2.05) is 0 Å². The molecule has 0 saturated carbocycles. The molecule has 0 bridgehead atoms. The number of hydrogen-bond acceptors (Lipinski definition) is 6. The second-order valence-corrected chi connectivity index (χ2v) is 8.35. The number of nitrogens with one attached hydrogen (secondary N) is 1. The fourth-order valence-electron chi connectivity index (χ4n) is 2.39. The first-order valence-corrected chi connectivity index (χ1v) is 8.65. The van der Waals surface area contributed by atoms with Gasteiger partial charge < -0.3 is 9.63 Å². The molecule has 0 amide bonds. The Morgan fingerprint density at radius 1 is 1.36 bits per heavy atom. The zero-order valence-corrected chi connectivity index (χ0v) is 14.1. The maximum absolute atomic E-state index is 12.5. The third kappa shape index (κ3) is 3.06. The SMILES string of the molecule is Cc1noc(C)c1C(C)(C)NS(=O)(=O)c1ccc(C(=O)O)s1. The topological polar surface area (TPSA) is 110 Å². The van der Waals surface area contributed by atoms with Crippen molar-refractivity contribution in [3.8, 4) is 0 Å². The monoisotopic (exact) mass is 344 g/mol. The average molecular weight is 344 g/mol. The highest BCUT2D eigenvalue weighted by molar-refractivity contribution is 7.91. The fourth-order valence-corrected chi connectivity index (χ4v) is 4.92. The van der Waals surface area contributed by atoms with Gasteiger partial charge in [0.2, 0.25) is 0 Å². The first kappa shape index (κ1) is 16.7. The van der Waals surface area contributed by atoms with Crippen molar-refractivity contribution in [3.63, 3.8) is 0 Å². The zero-order chi connectivity index (χ0) is 16.7. The van der Waals surface area contributed by atoms with E-state index < -0.39 is 21.5 Å². The van der Waals surface area contributed by atoms with Gasteiger partial charge in [-0.2, -0.15) is 0 Å². The minimum Gasteiger partial charge on any atom is -0.477 e. The molecule has 120 valence electrons. The summed E-state index contributed by atoms with van der Waals surface area (Å²) in [5, 5.41) is 12.7. The Labute approximate surface area is 132 Å². The lowest BCUT2D eigenvalue weighted by Crippen LogP contribution is -2.41. The van der Waals surface area contributed by atoms with Gasteiger partial charge in [-0.15, -0.1) is 11.3 Å². The molecule has 7 nitrogen and oxygen atoms in total. The van der Waals surface area contributed by atoms with Gasteiger partial charge in [0, 0.05) is 5.56 Å². The van der Waals surface area contributed by atoms with Crippen molar-refractivity contribution >= 4 is 27.3 Å². The van der Waals surface area contributed by atoms with Crippen LogP contribution in [0.25, 0.3) is 0 Å². The Morgan fingerprint density at radius 3 is 2.45 bits per heavy atom. The molecule has 0 aliphatic heterocycles. The number of carboxylic acids is 1. The van der Waals surface area contributed by atoms with Crippen molar-refractivity contribution in [2.75, 3.05) is 0 Å². The van der Waals surface area contributed by atoms with E-state index in [0.29, 0.717) is 28.4 Å². The third-order valence-electron chi connectivity index (χ3n) is 3.10. The molecule has 0 atom stereocenters. The summed E-state index contributed by atoms with van der Waals surface area (Å²) in [6.07, 6.45) is 0. The summed E-state index contributed by atoms with van der Waals surface area (Å²) in [6, 6.07) is 2.55. The van der Waals surface area contributed by atoms with Crippen LogP contribution < -0.4 is 4.72 Å². The number of rotatable bonds is 5. The van der Waals surface area contributed by atoms with Crippen LogP contribution in [-0.2, 0) is 15.6 Å². The molecular weight excluding hydrogens is 328 g/mol. The van der Waals surface area contributed by atoms with Gasteiger partial charge in [-0.25, -0.2) is 17.9 Å². The van der Waals surface area contributed by atoms with Crippen LogP contribution in [0.3, 0.4) is 0 Å². The predicted octanol–water partition coefficient (Wildman–Crippen LogP) is 2.26. The number of carboxylic acid groups (broad SMARTS) is 1. The standard InChI is InChI=1S/C13H16N2O5S2/c1-7-11(8(2)20-14-7)13(3,4)15-22(18,19)10-6-5-9(21-10)12(16)17/h5-6,15H,1-4H3,(H,16,17). The number of aryl methyl sites for hydroxylation is 2. The molecule has 0 fully saturated rings. The second-order valence-electron chi connectivity index (χ2n) is 5.35. The lowest BCUT2D eigenvalue weighted by molar-refractivity contribution is 0.0702. The van der Waals surface area contributed by atoms with Crippen molar-refractivity contribution in [2.45, 2.75) is 37.4 Å². The largest absolute Gasteiger partial charge is 0.477 e. The van der Waals surface area contributed by atoms with E-state index in [2.05, 4.69) is 9.88 Å². The Hall–Kier alpha value is -1.71. The third-order valence-corrected chi connectivity index (χ3v) is 6.33. The quantitative estimate of drug-likeness (QED) is 0.861. The van der Waals surface area contributed by atoms with Gasteiger partial charge >= 0.3 is 5.97 Å². The molecule has 0 radical (unpaired) electrons. The molecule has 2 rings (SSSR count). The Balaban J connectivity index is 2.37. The fraction of sp³-hybridized carbons (Fsp3) is 0.385. The van der Waals surface area contributed by atoms with Gasteiger partial charge in [0.05, 0.1) is 11.2 Å². The van der Waals surface area contributed by atoms with Crippen molar-refractivity contribution < 1.29 is 22.8 Å². The van der Waals surface area contributed by atoms with E-state index in [1.165, 1.54) is 12.1 Å². The second kappa shape index (κ2) is 5.49. The highest BCUT2D eigenvalue weighted by atomic mass is 32.2. The minimum absolute atomic E-state index is 0.0319. The molecule has 2 N–H and O–H groups in total. The predicted molar refractivity (Wildman–Crippen MR) is 80.6 cm³/mol. The zero-order valence-electron chi connectivity index (χ0n) is 12.5. The number of nitrogens with zero attached hydrogens (tertiary/aromatic N) is 1. The van der Waals surface area contributed by atoms with E-state index in [0.717, 1.165) is 0 Å². The Bertz CT molecular complexity index is 798. The normalized spacial score (nSPS) is 12.5. The summed E-state index contributed by atoms with van der Waals surface area (Å²) in [7, 11) is -3.85. The van der Waals surface area contributed by atoms with Crippen LogP contribution in [-0.4, -0.2) is 24.7 Å². The summed E-state index contributed by atoms with van der Waals surface area (Å²) in [5.41, 5.74) is 0.314. The number of carbonyl (C=O) groups is 1. The number of hydrogen-bond donors (Lipinski definition) is 2. The van der Waals surface area contributed by atoms with Crippen LogP contribution in [0, 0.1) is 13.8 Å². The minimum atomic E-state index is -3.85. The Morgan fingerprint density at radius 2 is 2.00 bits per heavy atom. The first-order valence-electron chi connectivity index (χ1n) is 6.35. The van der Waals surface area contributed by atoms with Gasteiger partial charge in [-0.05, 0) is 39.8 Å². The van der Waals surface area contributed by atoms with E-state index in [9.17, 15) is 13.2 Å². The smallest absolute Gasteiger partial charge is 0.345 e. The van der Waals surface area contributed by atoms with Gasteiger partial charge in [0.15, 0.2) is 0 Å². The van der Waals surface area contributed by atoms with Crippen molar-refractivity contribution in [2.24, 2.45) is 0 Å². The summed E-state index contributed by atoms with van der Waals surface area (Å²) >= 11 is 0.705. The molecule has 0 spiro atoms. The summed E-state index contributed by atoms with van der Waals surface area (Å²) in [5.74, 6) is -0.626. The van der Waals surface area contributed by atoms with Crippen molar-refractivity contribution in [1.82, 2.24) is 9.88 Å². The van der Waals surface area contributed by atoms with Gasteiger partial charge in [0.25, 0.3) is 10.0 Å². The van der Waals surface area contributed by atoms with Gasteiger partial charge in [0.1, 0.15) is 14.8 Å². The van der Waals surface area contributed by atoms with Crippen molar-refractivity contribution in [1.29, 1.82) is 0 Å². The van der Waals surface area contributed by atoms with E-state index in [-0.39, 0.29) is 9.09 Å². The highest BCUT2D eigenvalue weighted by Crippen LogP contribution is 2.30. The van der Waals surface area contributed by atoms with Crippen LogP contribution in [0.2, 0.25) is 0 Å². The van der Waals surface area contributed by atoms with Gasteiger partial charge in [-0.1, -0.05) is 5.16 Å². The molecule has 0 saturated heterocycles. The Kier molecular flexibility index (Phi) is 4.16. The number of aromatic nitrogens is 1. The van der Waals surface area contributed by atoms with E-state index in [4.69, 9.17) is 9.63 Å². The number of sulfonamides is 1. The van der Waals surface area contributed by atoms with Crippen molar-refractivity contribution in [3.05, 3.63) is 34.0 Å².